The van der Waals surface area contributed by atoms with Gasteiger partial charge in [-0.15, -0.1) is 0 Å². The van der Waals surface area contributed by atoms with Crippen LogP contribution in [0.15, 0.2) is 54.6 Å². The van der Waals surface area contributed by atoms with Crippen molar-refractivity contribution >= 4 is 23.1 Å². The van der Waals surface area contributed by atoms with Crippen LogP contribution in [0, 0.1) is 13.8 Å². The Bertz CT molecular complexity index is 848. The third-order valence-electron chi connectivity index (χ3n) is 3.47. The second-order valence-corrected chi connectivity index (χ2v) is 5.57. The lowest BCUT2D eigenvalue weighted by Gasteiger charge is -2.11. The number of aromatic nitrogens is 2. The second kappa shape index (κ2) is 7.00. The molecule has 122 valence electrons. The van der Waals surface area contributed by atoms with Crippen LogP contribution in [0.5, 0.6) is 5.75 Å². The minimum absolute atomic E-state index is 0.540. The van der Waals surface area contributed by atoms with Crippen molar-refractivity contribution in [2.24, 2.45) is 0 Å². The van der Waals surface area contributed by atoms with E-state index in [9.17, 15) is 0 Å². The molecule has 0 radical (unpaired) electrons. The van der Waals surface area contributed by atoms with Crippen molar-refractivity contribution in [2.75, 3.05) is 17.7 Å². The fourth-order valence-electron chi connectivity index (χ4n) is 2.39. The molecule has 5 heteroatoms. The average Bonchev–Trinajstić information content (AvgIpc) is 2.54. The van der Waals surface area contributed by atoms with Crippen LogP contribution in [-0.2, 0) is 0 Å². The summed E-state index contributed by atoms with van der Waals surface area (Å²) >= 11 is 0. The molecular formula is C19H20N4O. The highest BCUT2D eigenvalue weighted by atomic mass is 16.5. The van der Waals surface area contributed by atoms with Crippen molar-refractivity contribution in [1.29, 1.82) is 0 Å². The fraction of sp³-hybridized carbons (Fsp3) is 0.158. The van der Waals surface area contributed by atoms with Gasteiger partial charge in [-0.1, -0.05) is 18.2 Å². The summed E-state index contributed by atoms with van der Waals surface area (Å²) in [6, 6.07) is 17.7. The first-order chi connectivity index (χ1) is 11.6. The van der Waals surface area contributed by atoms with E-state index in [1.807, 2.05) is 49.4 Å². The van der Waals surface area contributed by atoms with E-state index in [0.717, 1.165) is 28.6 Å². The first-order valence-electron chi connectivity index (χ1n) is 7.73. The van der Waals surface area contributed by atoms with Gasteiger partial charge in [-0.3, -0.25) is 0 Å². The fourth-order valence-corrected chi connectivity index (χ4v) is 2.39. The largest absolute Gasteiger partial charge is 0.497 e. The van der Waals surface area contributed by atoms with Crippen molar-refractivity contribution in [3.8, 4) is 5.75 Å². The van der Waals surface area contributed by atoms with E-state index in [4.69, 9.17) is 4.74 Å². The molecule has 3 aromatic rings. The van der Waals surface area contributed by atoms with Crippen LogP contribution in [0.25, 0.3) is 0 Å². The number of rotatable bonds is 5. The molecule has 0 saturated carbocycles. The molecule has 0 aliphatic heterocycles. The van der Waals surface area contributed by atoms with Crippen molar-refractivity contribution < 1.29 is 4.74 Å². The number of hydrogen-bond acceptors (Lipinski definition) is 5. The minimum atomic E-state index is 0.540. The standard InChI is InChI=1S/C19H20N4O/c1-13-6-4-7-15(10-13)21-18-11-14(2)20-19(23-18)22-16-8-5-9-17(12-16)24-3/h4-12H,1-3H3,(H2,20,21,22,23). The maximum Gasteiger partial charge on any atom is 0.229 e. The maximum absolute atomic E-state index is 5.24. The van der Waals surface area contributed by atoms with Crippen LogP contribution in [0.2, 0.25) is 0 Å². The summed E-state index contributed by atoms with van der Waals surface area (Å²) in [7, 11) is 1.64. The van der Waals surface area contributed by atoms with Gasteiger partial charge in [0, 0.05) is 29.2 Å². The Morgan fingerprint density at radius 2 is 1.58 bits per heavy atom. The van der Waals surface area contributed by atoms with Crippen molar-refractivity contribution in [1.82, 2.24) is 9.97 Å². The van der Waals surface area contributed by atoms with Crippen molar-refractivity contribution in [3.63, 3.8) is 0 Å². The molecule has 0 atom stereocenters. The second-order valence-electron chi connectivity index (χ2n) is 5.57. The smallest absolute Gasteiger partial charge is 0.229 e. The van der Waals surface area contributed by atoms with Gasteiger partial charge in [-0.25, -0.2) is 4.98 Å². The number of aryl methyl sites for hydroxylation is 2. The van der Waals surface area contributed by atoms with Crippen LogP contribution in [0.4, 0.5) is 23.1 Å². The topological polar surface area (TPSA) is 59.1 Å². The predicted octanol–water partition coefficient (Wildman–Crippen LogP) is 4.59. The molecule has 3 rings (SSSR count). The SMILES string of the molecule is COc1cccc(Nc2nc(C)cc(Nc3cccc(C)c3)n2)c1. The van der Waals surface area contributed by atoms with E-state index in [0.29, 0.717) is 5.95 Å². The number of anilines is 4. The van der Waals surface area contributed by atoms with E-state index in [1.54, 1.807) is 7.11 Å². The lowest BCUT2D eigenvalue weighted by molar-refractivity contribution is 0.415. The van der Waals surface area contributed by atoms with E-state index < -0.39 is 0 Å². The molecule has 0 saturated heterocycles. The van der Waals surface area contributed by atoms with Gasteiger partial charge in [0.2, 0.25) is 5.95 Å². The summed E-state index contributed by atoms with van der Waals surface area (Å²) < 4.78 is 5.24. The van der Waals surface area contributed by atoms with Crippen molar-refractivity contribution in [2.45, 2.75) is 13.8 Å². The highest BCUT2D eigenvalue weighted by Gasteiger charge is 2.04. The molecule has 0 aliphatic rings. The van der Waals surface area contributed by atoms with Gasteiger partial charge in [0.15, 0.2) is 0 Å². The first kappa shape index (κ1) is 15.8. The molecule has 0 bridgehead atoms. The summed E-state index contributed by atoms with van der Waals surface area (Å²) in [5, 5.41) is 6.53. The zero-order chi connectivity index (χ0) is 16.9. The lowest BCUT2D eigenvalue weighted by atomic mass is 10.2. The Kier molecular flexibility index (Phi) is 4.61. The predicted molar refractivity (Wildman–Crippen MR) is 97.5 cm³/mol. The normalized spacial score (nSPS) is 10.3. The number of ether oxygens (including phenoxy) is 1. The van der Waals surface area contributed by atoms with Gasteiger partial charge in [-0.05, 0) is 43.7 Å². The van der Waals surface area contributed by atoms with E-state index in [1.165, 1.54) is 5.56 Å². The zero-order valence-corrected chi connectivity index (χ0v) is 14.0. The molecule has 0 aliphatic carbocycles. The molecule has 2 aromatic carbocycles. The third-order valence-corrected chi connectivity index (χ3v) is 3.47. The highest BCUT2D eigenvalue weighted by molar-refractivity contribution is 5.61. The maximum atomic E-state index is 5.24. The van der Waals surface area contributed by atoms with Gasteiger partial charge >= 0.3 is 0 Å². The van der Waals surface area contributed by atoms with Crippen LogP contribution in [-0.4, -0.2) is 17.1 Å². The molecule has 2 N–H and O–H groups in total. The van der Waals surface area contributed by atoms with Gasteiger partial charge in [-0.2, -0.15) is 4.98 Å². The van der Waals surface area contributed by atoms with Crippen molar-refractivity contribution in [3.05, 3.63) is 65.9 Å². The van der Waals surface area contributed by atoms with Gasteiger partial charge in [0.25, 0.3) is 0 Å². The number of nitrogens with one attached hydrogen (secondary N) is 2. The number of hydrogen-bond donors (Lipinski definition) is 2. The highest BCUT2D eigenvalue weighted by Crippen LogP contribution is 2.22. The van der Waals surface area contributed by atoms with Crippen LogP contribution in [0.3, 0.4) is 0 Å². The van der Waals surface area contributed by atoms with Crippen LogP contribution < -0.4 is 15.4 Å². The first-order valence-corrected chi connectivity index (χ1v) is 7.73. The summed E-state index contributed by atoms with van der Waals surface area (Å²) in [5.74, 6) is 2.07. The number of nitrogens with zero attached hydrogens (tertiary/aromatic N) is 2. The molecule has 24 heavy (non-hydrogen) atoms. The quantitative estimate of drug-likeness (QED) is 0.720. The van der Waals surface area contributed by atoms with Crippen LogP contribution >= 0.6 is 0 Å². The molecule has 1 heterocycles. The average molecular weight is 320 g/mol. The summed E-state index contributed by atoms with van der Waals surface area (Å²) in [5.41, 5.74) is 3.95. The van der Waals surface area contributed by atoms with E-state index in [-0.39, 0.29) is 0 Å². The monoisotopic (exact) mass is 320 g/mol. The van der Waals surface area contributed by atoms with Crippen LogP contribution in [0.1, 0.15) is 11.3 Å². The Labute approximate surface area is 141 Å². The summed E-state index contributed by atoms with van der Waals surface area (Å²) in [4.78, 5) is 8.98. The molecule has 5 nitrogen and oxygen atoms in total. The molecule has 1 aromatic heterocycles. The van der Waals surface area contributed by atoms with E-state index in [2.05, 4.69) is 39.7 Å². The Morgan fingerprint density at radius 1 is 0.833 bits per heavy atom. The Morgan fingerprint density at radius 3 is 2.33 bits per heavy atom. The Balaban J connectivity index is 1.83. The van der Waals surface area contributed by atoms with Gasteiger partial charge in [0.05, 0.1) is 7.11 Å². The molecule has 0 fully saturated rings. The van der Waals surface area contributed by atoms with Gasteiger partial charge < -0.3 is 15.4 Å². The van der Waals surface area contributed by atoms with E-state index >= 15 is 0 Å². The molecule has 0 spiro atoms. The number of benzene rings is 2. The van der Waals surface area contributed by atoms with Gasteiger partial charge in [0.1, 0.15) is 11.6 Å². The molecule has 0 amide bonds. The minimum Gasteiger partial charge on any atom is -0.497 e. The summed E-state index contributed by atoms with van der Waals surface area (Å²) in [6.07, 6.45) is 0. The third kappa shape index (κ3) is 4.01. The molecule has 0 unspecified atom stereocenters. The number of methoxy groups -OCH3 is 1. The lowest BCUT2D eigenvalue weighted by Crippen LogP contribution is -2.02. The zero-order valence-electron chi connectivity index (χ0n) is 14.0. The Hall–Kier alpha value is -3.08. The summed E-state index contributed by atoms with van der Waals surface area (Å²) in [6.45, 7) is 4.01. The molecular weight excluding hydrogens is 300 g/mol.